The minimum absolute atomic E-state index is 0.323. The first-order valence-corrected chi connectivity index (χ1v) is 9.19. The van der Waals surface area contributed by atoms with Gasteiger partial charge in [-0.3, -0.25) is 5.32 Å². The van der Waals surface area contributed by atoms with Crippen LogP contribution in [0.4, 0.5) is 10.5 Å². The van der Waals surface area contributed by atoms with Crippen LogP contribution in [0.15, 0.2) is 24.3 Å². The predicted octanol–water partition coefficient (Wildman–Crippen LogP) is 5.41. The van der Waals surface area contributed by atoms with Gasteiger partial charge in [-0.25, -0.2) is 4.79 Å². The number of anilines is 1. The summed E-state index contributed by atoms with van der Waals surface area (Å²) >= 11 is 0. The number of carbonyl (C=O) groups excluding carboxylic acids is 1. The van der Waals surface area contributed by atoms with Gasteiger partial charge in [-0.15, -0.1) is 0 Å². The van der Waals surface area contributed by atoms with Gasteiger partial charge in [0.1, 0.15) is 5.60 Å². The smallest absolute Gasteiger partial charge is 0.412 e. The predicted molar refractivity (Wildman–Crippen MR) is 99.3 cm³/mol. The molecule has 0 saturated heterocycles. The van der Waals surface area contributed by atoms with Gasteiger partial charge in [0.2, 0.25) is 0 Å². The Morgan fingerprint density at radius 3 is 2.21 bits per heavy atom. The van der Waals surface area contributed by atoms with Crippen molar-refractivity contribution in [1.29, 1.82) is 0 Å². The van der Waals surface area contributed by atoms with E-state index in [9.17, 15) is 4.79 Å². The Kier molecular flexibility index (Phi) is 6.67. The molecule has 4 heteroatoms. The lowest BCUT2D eigenvalue weighted by molar-refractivity contribution is 0.0636. The molecule has 2 rings (SSSR count). The van der Waals surface area contributed by atoms with Crippen LogP contribution in [-0.4, -0.2) is 17.7 Å². The highest BCUT2D eigenvalue weighted by molar-refractivity contribution is 5.84. The van der Waals surface area contributed by atoms with Crippen molar-refractivity contribution in [3.63, 3.8) is 0 Å². The van der Waals surface area contributed by atoms with E-state index in [4.69, 9.17) is 4.74 Å². The van der Waals surface area contributed by atoms with Crippen LogP contribution in [0.25, 0.3) is 0 Å². The molecule has 24 heavy (non-hydrogen) atoms. The van der Waals surface area contributed by atoms with Crippen LogP contribution in [-0.2, 0) is 4.74 Å². The van der Waals surface area contributed by atoms with Crippen molar-refractivity contribution in [2.75, 3.05) is 5.32 Å². The molecule has 134 valence electrons. The molecular weight excluding hydrogens is 300 g/mol. The van der Waals surface area contributed by atoms with Gasteiger partial charge in [-0.1, -0.05) is 37.8 Å². The van der Waals surface area contributed by atoms with Crippen LogP contribution in [0.3, 0.4) is 0 Å². The van der Waals surface area contributed by atoms with Crippen molar-refractivity contribution in [1.82, 2.24) is 5.32 Å². The molecular formula is C20H32N2O2. The van der Waals surface area contributed by atoms with E-state index in [-0.39, 0.29) is 0 Å². The van der Waals surface area contributed by atoms with Crippen LogP contribution in [0, 0.1) is 0 Å². The molecule has 1 aromatic rings. The lowest BCUT2D eigenvalue weighted by Crippen LogP contribution is -2.31. The van der Waals surface area contributed by atoms with Gasteiger partial charge < -0.3 is 10.1 Å². The van der Waals surface area contributed by atoms with Crippen LogP contribution >= 0.6 is 0 Å². The highest BCUT2D eigenvalue weighted by Crippen LogP contribution is 2.22. The zero-order valence-corrected chi connectivity index (χ0v) is 15.5. The molecule has 1 aliphatic carbocycles. The Morgan fingerprint density at radius 1 is 1.08 bits per heavy atom. The third kappa shape index (κ3) is 6.52. The van der Waals surface area contributed by atoms with Gasteiger partial charge in [0.25, 0.3) is 0 Å². The molecule has 2 N–H and O–H groups in total. The summed E-state index contributed by atoms with van der Waals surface area (Å²) in [6.07, 6.45) is 7.56. The van der Waals surface area contributed by atoms with Crippen LogP contribution in [0.1, 0.15) is 77.8 Å². The molecule has 1 atom stereocenters. The van der Waals surface area contributed by atoms with E-state index < -0.39 is 11.7 Å². The van der Waals surface area contributed by atoms with Crippen LogP contribution in [0.5, 0.6) is 0 Å². The Morgan fingerprint density at radius 2 is 1.67 bits per heavy atom. The van der Waals surface area contributed by atoms with E-state index in [1.54, 1.807) is 0 Å². The zero-order valence-electron chi connectivity index (χ0n) is 15.5. The van der Waals surface area contributed by atoms with E-state index in [2.05, 4.69) is 29.7 Å². The molecule has 0 aromatic heterocycles. The van der Waals surface area contributed by atoms with Gasteiger partial charge in [0.05, 0.1) is 0 Å². The van der Waals surface area contributed by atoms with Crippen molar-refractivity contribution in [3.05, 3.63) is 29.8 Å². The summed E-state index contributed by atoms with van der Waals surface area (Å²) in [4.78, 5) is 11.8. The molecule has 0 heterocycles. The van der Waals surface area contributed by atoms with Crippen molar-refractivity contribution < 1.29 is 9.53 Å². The van der Waals surface area contributed by atoms with Crippen molar-refractivity contribution in [3.8, 4) is 0 Å². The first kappa shape index (κ1) is 18.8. The molecule has 1 amide bonds. The summed E-state index contributed by atoms with van der Waals surface area (Å²) in [5.41, 5.74) is 1.52. The summed E-state index contributed by atoms with van der Waals surface area (Å²) in [7, 11) is 0. The second kappa shape index (κ2) is 8.52. The number of carbonyl (C=O) groups is 1. The van der Waals surface area contributed by atoms with E-state index in [1.807, 2.05) is 32.9 Å². The molecule has 1 saturated carbocycles. The minimum Gasteiger partial charge on any atom is -0.444 e. The van der Waals surface area contributed by atoms with E-state index >= 15 is 0 Å². The quantitative estimate of drug-likeness (QED) is 0.725. The fourth-order valence-corrected chi connectivity index (χ4v) is 3.17. The minimum atomic E-state index is -0.485. The normalized spacial score (nSPS) is 17.8. The summed E-state index contributed by atoms with van der Waals surface area (Å²) in [6.45, 7) is 7.78. The molecule has 0 aliphatic heterocycles. The maximum atomic E-state index is 11.8. The molecule has 4 nitrogen and oxygen atoms in total. The average Bonchev–Trinajstić information content (AvgIpc) is 2.74. The van der Waals surface area contributed by atoms with Gasteiger partial charge in [-0.05, 0) is 58.2 Å². The third-order valence-electron chi connectivity index (χ3n) is 4.40. The number of ether oxygens (including phenoxy) is 1. The zero-order chi connectivity index (χ0) is 17.6. The number of amides is 1. The fraction of sp³-hybridized carbons (Fsp3) is 0.650. The lowest BCUT2D eigenvalue weighted by atomic mass is 10.0. The van der Waals surface area contributed by atoms with Gasteiger partial charge in [0.15, 0.2) is 0 Å². The van der Waals surface area contributed by atoms with E-state index in [0.29, 0.717) is 12.1 Å². The monoisotopic (exact) mass is 332 g/mol. The van der Waals surface area contributed by atoms with Crippen LogP contribution in [0.2, 0.25) is 0 Å². The van der Waals surface area contributed by atoms with Gasteiger partial charge in [-0.2, -0.15) is 0 Å². The largest absolute Gasteiger partial charge is 0.444 e. The Labute approximate surface area is 146 Å². The summed E-state index contributed by atoms with van der Waals surface area (Å²) < 4.78 is 5.27. The van der Waals surface area contributed by atoms with Crippen molar-refractivity contribution in [2.45, 2.75) is 83.9 Å². The average molecular weight is 332 g/mol. The number of benzene rings is 1. The molecule has 1 unspecified atom stereocenters. The molecule has 0 bridgehead atoms. The fourth-order valence-electron chi connectivity index (χ4n) is 3.17. The topological polar surface area (TPSA) is 50.4 Å². The second-order valence-electron chi connectivity index (χ2n) is 7.83. The van der Waals surface area contributed by atoms with Crippen molar-refractivity contribution in [2.24, 2.45) is 0 Å². The first-order valence-electron chi connectivity index (χ1n) is 9.19. The Hall–Kier alpha value is -1.55. The maximum absolute atomic E-state index is 11.8. The van der Waals surface area contributed by atoms with Crippen molar-refractivity contribution >= 4 is 11.8 Å². The number of hydrogen-bond acceptors (Lipinski definition) is 3. The molecule has 1 aliphatic rings. The van der Waals surface area contributed by atoms with Gasteiger partial charge in [0, 0.05) is 17.8 Å². The highest BCUT2D eigenvalue weighted by Gasteiger charge is 2.17. The number of hydrogen-bond donors (Lipinski definition) is 2. The Bertz CT molecular complexity index is 511. The Balaban J connectivity index is 1.87. The number of nitrogens with one attached hydrogen (secondary N) is 2. The van der Waals surface area contributed by atoms with E-state index in [0.717, 1.165) is 5.69 Å². The highest BCUT2D eigenvalue weighted by atomic mass is 16.6. The maximum Gasteiger partial charge on any atom is 0.412 e. The number of rotatable bonds is 4. The SMILES string of the molecule is CC(NC1CCCCCC1)c1ccc(NC(=O)OC(C)(C)C)cc1. The van der Waals surface area contributed by atoms with E-state index in [1.165, 1.54) is 44.1 Å². The molecule has 1 fully saturated rings. The van der Waals surface area contributed by atoms with Crippen LogP contribution < -0.4 is 10.6 Å². The van der Waals surface area contributed by atoms with Gasteiger partial charge >= 0.3 is 6.09 Å². The summed E-state index contributed by atoms with van der Waals surface area (Å²) in [5, 5.41) is 6.53. The first-order chi connectivity index (χ1) is 11.3. The molecule has 0 radical (unpaired) electrons. The summed E-state index contributed by atoms with van der Waals surface area (Å²) in [6, 6.07) is 8.96. The summed E-state index contributed by atoms with van der Waals surface area (Å²) in [5.74, 6) is 0. The standard InChI is InChI=1S/C20H32N2O2/c1-15(21-17-9-7-5-6-8-10-17)16-11-13-18(14-12-16)22-19(23)24-20(2,3)4/h11-15,17,21H,5-10H2,1-4H3,(H,22,23). The molecule has 0 spiro atoms. The third-order valence-corrected chi connectivity index (χ3v) is 4.40. The second-order valence-corrected chi connectivity index (χ2v) is 7.83. The lowest BCUT2D eigenvalue weighted by Gasteiger charge is -2.23. The molecule has 1 aromatic carbocycles.